The van der Waals surface area contributed by atoms with Crippen molar-refractivity contribution < 1.29 is 9.47 Å². The van der Waals surface area contributed by atoms with E-state index in [-0.39, 0.29) is 0 Å². The number of nitrogens with zero attached hydrogens (tertiary/aromatic N) is 1. The minimum absolute atomic E-state index is 0.664. The zero-order valence-corrected chi connectivity index (χ0v) is 11.4. The van der Waals surface area contributed by atoms with Crippen LogP contribution < -0.4 is 5.73 Å². The first-order valence-corrected chi connectivity index (χ1v) is 6.77. The summed E-state index contributed by atoms with van der Waals surface area (Å²) < 4.78 is 10.6. The molecule has 2 unspecified atom stereocenters. The second-order valence-electron chi connectivity index (χ2n) is 5.02. The van der Waals surface area contributed by atoms with Gasteiger partial charge in [0.05, 0.1) is 6.61 Å². The van der Waals surface area contributed by atoms with E-state index in [1.807, 2.05) is 0 Å². The second-order valence-corrected chi connectivity index (χ2v) is 5.02. The van der Waals surface area contributed by atoms with Gasteiger partial charge in [-0.2, -0.15) is 0 Å². The van der Waals surface area contributed by atoms with Crippen LogP contribution in [0.3, 0.4) is 0 Å². The molecule has 0 aromatic rings. The third-order valence-electron chi connectivity index (χ3n) is 3.69. The first-order valence-electron chi connectivity index (χ1n) is 6.77. The van der Waals surface area contributed by atoms with Gasteiger partial charge in [0.25, 0.3) is 0 Å². The predicted octanol–water partition coefficient (Wildman–Crippen LogP) is 0.956. The maximum atomic E-state index is 5.79. The zero-order chi connectivity index (χ0) is 12.5. The van der Waals surface area contributed by atoms with Crippen LogP contribution in [0.5, 0.6) is 0 Å². The number of piperidine rings is 1. The molecule has 0 radical (unpaired) electrons. The molecule has 0 saturated carbocycles. The fourth-order valence-electron chi connectivity index (χ4n) is 2.34. The highest BCUT2D eigenvalue weighted by Crippen LogP contribution is 2.21. The molecule has 0 spiro atoms. The Morgan fingerprint density at radius 1 is 1.29 bits per heavy atom. The monoisotopic (exact) mass is 244 g/mol. The van der Waals surface area contributed by atoms with Gasteiger partial charge < -0.3 is 20.1 Å². The van der Waals surface area contributed by atoms with Gasteiger partial charge in [-0.25, -0.2) is 0 Å². The molecule has 1 saturated heterocycles. The van der Waals surface area contributed by atoms with Crippen molar-refractivity contribution in [3.8, 4) is 0 Å². The molecule has 1 aliphatic rings. The Hall–Kier alpha value is -0.160. The van der Waals surface area contributed by atoms with E-state index >= 15 is 0 Å². The lowest BCUT2D eigenvalue weighted by atomic mass is 9.87. The van der Waals surface area contributed by atoms with Gasteiger partial charge in [0.15, 0.2) is 0 Å². The number of nitrogens with two attached hydrogens (primary N) is 1. The topological polar surface area (TPSA) is 47.7 Å². The van der Waals surface area contributed by atoms with Crippen molar-refractivity contribution in [2.75, 3.05) is 53.1 Å². The molecule has 4 heteroatoms. The highest BCUT2D eigenvalue weighted by molar-refractivity contribution is 4.78. The summed E-state index contributed by atoms with van der Waals surface area (Å²) in [5.41, 5.74) is 5.79. The van der Waals surface area contributed by atoms with Gasteiger partial charge in [0.2, 0.25) is 0 Å². The summed E-state index contributed by atoms with van der Waals surface area (Å²) >= 11 is 0. The predicted molar refractivity (Wildman–Crippen MR) is 70.1 cm³/mol. The van der Waals surface area contributed by atoms with Crippen LogP contribution in [0.2, 0.25) is 0 Å². The number of likely N-dealkylation sites (tertiary alicyclic amines) is 1. The van der Waals surface area contributed by atoms with E-state index in [2.05, 4.69) is 11.8 Å². The Morgan fingerprint density at radius 2 is 2.12 bits per heavy atom. The fraction of sp³-hybridized carbons (Fsp3) is 1.00. The minimum Gasteiger partial charge on any atom is -0.385 e. The van der Waals surface area contributed by atoms with Gasteiger partial charge in [-0.05, 0) is 37.8 Å². The molecule has 17 heavy (non-hydrogen) atoms. The van der Waals surface area contributed by atoms with Gasteiger partial charge >= 0.3 is 0 Å². The molecule has 1 heterocycles. The van der Waals surface area contributed by atoms with Crippen molar-refractivity contribution >= 4 is 0 Å². The van der Waals surface area contributed by atoms with E-state index in [0.29, 0.717) is 5.92 Å². The molecule has 1 rings (SSSR count). The molecule has 102 valence electrons. The van der Waals surface area contributed by atoms with Crippen molar-refractivity contribution in [2.24, 2.45) is 17.6 Å². The highest BCUT2D eigenvalue weighted by Gasteiger charge is 2.24. The van der Waals surface area contributed by atoms with E-state index in [1.165, 1.54) is 13.0 Å². The maximum Gasteiger partial charge on any atom is 0.0593 e. The lowest BCUT2D eigenvalue weighted by Crippen LogP contribution is -2.43. The lowest BCUT2D eigenvalue weighted by Gasteiger charge is -2.36. The van der Waals surface area contributed by atoms with Crippen molar-refractivity contribution in [1.82, 2.24) is 4.90 Å². The summed E-state index contributed by atoms with van der Waals surface area (Å²) in [6.45, 7) is 8.92. The number of ether oxygens (including phenoxy) is 2. The standard InChI is InChI=1S/C13H28N2O2/c1-12-4-5-15(11-13(12)10-14)6-9-17-8-3-7-16-2/h12-13H,3-11,14H2,1-2H3. The molecule has 0 aromatic heterocycles. The van der Waals surface area contributed by atoms with Crippen molar-refractivity contribution in [1.29, 1.82) is 0 Å². The first kappa shape index (κ1) is 14.9. The molecule has 2 atom stereocenters. The summed E-state index contributed by atoms with van der Waals surface area (Å²) in [7, 11) is 1.72. The average Bonchev–Trinajstić information content (AvgIpc) is 2.35. The first-order chi connectivity index (χ1) is 8.27. The van der Waals surface area contributed by atoms with Crippen LogP contribution in [0.4, 0.5) is 0 Å². The minimum atomic E-state index is 0.664. The van der Waals surface area contributed by atoms with Crippen LogP contribution in [-0.4, -0.2) is 58.0 Å². The van der Waals surface area contributed by atoms with Gasteiger partial charge in [0, 0.05) is 33.4 Å². The van der Waals surface area contributed by atoms with Crippen molar-refractivity contribution in [3.63, 3.8) is 0 Å². The Kier molecular flexibility index (Phi) is 7.77. The van der Waals surface area contributed by atoms with Crippen LogP contribution in [-0.2, 0) is 9.47 Å². The molecule has 0 aromatic carbocycles. The molecular weight excluding hydrogens is 216 g/mol. The van der Waals surface area contributed by atoms with E-state index < -0.39 is 0 Å². The lowest BCUT2D eigenvalue weighted by molar-refractivity contribution is 0.0620. The third kappa shape index (κ3) is 5.82. The van der Waals surface area contributed by atoms with Crippen LogP contribution in [0.25, 0.3) is 0 Å². The summed E-state index contributed by atoms with van der Waals surface area (Å²) in [6.07, 6.45) is 2.25. The van der Waals surface area contributed by atoms with E-state index in [0.717, 1.165) is 51.8 Å². The molecule has 1 fully saturated rings. The third-order valence-corrected chi connectivity index (χ3v) is 3.69. The van der Waals surface area contributed by atoms with Crippen molar-refractivity contribution in [2.45, 2.75) is 19.8 Å². The average molecular weight is 244 g/mol. The zero-order valence-electron chi connectivity index (χ0n) is 11.4. The molecule has 0 amide bonds. The molecule has 4 nitrogen and oxygen atoms in total. The van der Waals surface area contributed by atoms with Crippen LogP contribution in [0.1, 0.15) is 19.8 Å². The van der Waals surface area contributed by atoms with Crippen molar-refractivity contribution in [3.05, 3.63) is 0 Å². The smallest absolute Gasteiger partial charge is 0.0593 e. The quantitative estimate of drug-likeness (QED) is 0.646. The Labute approximate surface area is 105 Å². The highest BCUT2D eigenvalue weighted by atomic mass is 16.5. The number of hydrogen-bond donors (Lipinski definition) is 1. The Bertz CT molecular complexity index is 190. The van der Waals surface area contributed by atoms with Crippen LogP contribution in [0, 0.1) is 11.8 Å². The molecule has 0 bridgehead atoms. The normalized spacial score (nSPS) is 26.3. The molecule has 1 aliphatic heterocycles. The summed E-state index contributed by atoms with van der Waals surface area (Å²) in [5.74, 6) is 1.44. The second kappa shape index (κ2) is 8.86. The maximum absolute atomic E-state index is 5.79. The summed E-state index contributed by atoms with van der Waals surface area (Å²) in [4.78, 5) is 2.48. The van der Waals surface area contributed by atoms with Crippen LogP contribution in [0.15, 0.2) is 0 Å². The van der Waals surface area contributed by atoms with E-state index in [1.54, 1.807) is 7.11 Å². The SMILES string of the molecule is COCCCOCCN1CCC(C)C(CN)C1. The number of rotatable bonds is 8. The van der Waals surface area contributed by atoms with Gasteiger partial charge in [-0.1, -0.05) is 6.92 Å². The van der Waals surface area contributed by atoms with Gasteiger partial charge in [0.1, 0.15) is 0 Å². The Morgan fingerprint density at radius 3 is 2.82 bits per heavy atom. The van der Waals surface area contributed by atoms with Gasteiger partial charge in [-0.15, -0.1) is 0 Å². The number of methoxy groups -OCH3 is 1. The molecule has 0 aliphatic carbocycles. The summed E-state index contributed by atoms with van der Waals surface area (Å²) in [5, 5.41) is 0. The van der Waals surface area contributed by atoms with E-state index in [4.69, 9.17) is 15.2 Å². The van der Waals surface area contributed by atoms with Crippen LogP contribution >= 0.6 is 0 Å². The van der Waals surface area contributed by atoms with Gasteiger partial charge in [-0.3, -0.25) is 0 Å². The molecular formula is C13H28N2O2. The number of hydrogen-bond acceptors (Lipinski definition) is 4. The largest absolute Gasteiger partial charge is 0.385 e. The fourth-order valence-corrected chi connectivity index (χ4v) is 2.34. The molecule has 2 N–H and O–H groups in total. The Balaban J connectivity index is 2.03. The summed E-state index contributed by atoms with van der Waals surface area (Å²) in [6, 6.07) is 0. The van der Waals surface area contributed by atoms with E-state index in [9.17, 15) is 0 Å².